The molecule has 9 aromatic rings. The third-order valence-corrected chi connectivity index (χ3v) is 11.5. The average Bonchev–Trinajstić information content (AvgIpc) is 3.47. The lowest BCUT2D eigenvalue weighted by atomic mass is 9.83. The molecule has 0 unspecified atom stereocenters. The largest absolute Gasteiger partial charge is 0.310 e. The van der Waals surface area contributed by atoms with Crippen LogP contribution in [0.3, 0.4) is 0 Å². The molecule has 2 aliphatic rings. The number of thiophene rings is 1. The van der Waals surface area contributed by atoms with E-state index in [9.17, 15) is 0 Å². The summed E-state index contributed by atoms with van der Waals surface area (Å²) in [6.45, 7) is 0. The summed E-state index contributed by atoms with van der Waals surface area (Å²) in [7, 11) is 0. The Labute approximate surface area is 282 Å². The molecule has 0 N–H and O–H groups in total. The highest BCUT2D eigenvalue weighted by atomic mass is 32.1. The Morgan fingerprint density at radius 3 is 1.71 bits per heavy atom. The average molecular weight is 626 g/mol. The zero-order valence-electron chi connectivity index (χ0n) is 25.9. The fourth-order valence-electron chi connectivity index (χ4n) is 8.32. The van der Waals surface area contributed by atoms with Crippen molar-refractivity contribution in [2.75, 3.05) is 4.90 Å². The lowest BCUT2D eigenvalue weighted by molar-refractivity contribution is 1.30. The summed E-state index contributed by atoms with van der Waals surface area (Å²) in [5.41, 5.74) is 16.5. The molecule has 0 saturated heterocycles. The Morgan fingerprint density at radius 1 is 0.333 bits per heavy atom. The Bertz CT molecular complexity index is 2770. The Hall–Kier alpha value is -5.96. The van der Waals surface area contributed by atoms with E-state index in [2.05, 4.69) is 169 Å². The molecule has 6 bridgehead atoms. The molecule has 1 heterocycles. The number of anilines is 3. The minimum absolute atomic E-state index is 1.15. The summed E-state index contributed by atoms with van der Waals surface area (Å²) in [5.74, 6) is 0. The van der Waals surface area contributed by atoms with Gasteiger partial charge in [0.05, 0.1) is 5.69 Å². The maximum atomic E-state index is 2.47. The first-order chi connectivity index (χ1) is 23.8. The van der Waals surface area contributed by atoms with Crippen LogP contribution in [0, 0.1) is 0 Å². The first-order valence-corrected chi connectivity index (χ1v) is 17.3. The standard InChI is InChI=1S/C46H27NS/c1-2-12-31-28(10-1)11-7-20-42(31)47(30-23-25-35-34-14-5-6-21-43(34)48-44(35)27-30)29-22-24-33-38-17-9-18-39-40-19-8-16-37(46(40)41(33)26-29)32-13-3-4-15-36(32)45(38)39/h1-27H. The smallest absolute Gasteiger partial charge is 0.0540 e. The summed E-state index contributed by atoms with van der Waals surface area (Å²) < 4.78 is 2.62. The van der Waals surface area contributed by atoms with E-state index in [1.54, 1.807) is 0 Å². The molecule has 0 aliphatic heterocycles. The van der Waals surface area contributed by atoms with Crippen molar-refractivity contribution in [2.45, 2.75) is 0 Å². The minimum atomic E-state index is 1.15. The van der Waals surface area contributed by atoms with Crippen LogP contribution < -0.4 is 4.90 Å². The Kier molecular flexibility index (Phi) is 5.32. The van der Waals surface area contributed by atoms with Crippen molar-refractivity contribution in [1.82, 2.24) is 0 Å². The van der Waals surface area contributed by atoms with Crippen molar-refractivity contribution < 1.29 is 0 Å². The van der Waals surface area contributed by atoms with Crippen LogP contribution in [0.1, 0.15) is 0 Å². The first kappa shape index (κ1) is 26.1. The normalized spacial score (nSPS) is 12.2. The molecule has 1 nitrogen and oxygen atoms in total. The van der Waals surface area contributed by atoms with Crippen molar-refractivity contribution in [3.05, 3.63) is 164 Å². The molecule has 0 fully saturated rings. The van der Waals surface area contributed by atoms with Gasteiger partial charge in [0.25, 0.3) is 0 Å². The third-order valence-electron chi connectivity index (χ3n) is 10.4. The highest BCUT2D eigenvalue weighted by molar-refractivity contribution is 7.25. The molecule has 8 aromatic carbocycles. The summed E-state index contributed by atoms with van der Waals surface area (Å²) >= 11 is 1.87. The van der Waals surface area contributed by atoms with E-state index in [-0.39, 0.29) is 0 Å². The summed E-state index contributed by atoms with van der Waals surface area (Å²) in [6.07, 6.45) is 0. The maximum Gasteiger partial charge on any atom is 0.0540 e. The molecule has 222 valence electrons. The monoisotopic (exact) mass is 625 g/mol. The SMILES string of the molecule is c1ccc2c(c1)-c1cccc3c1-c1cc(N(c4ccc5c(c4)sc4ccccc45)c4cccc5ccccc45)ccc1-c1cccc-3c1-2. The van der Waals surface area contributed by atoms with Gasteiger partial charge in [0.2, 0.25) is 0 Å². The van der Waals surface area contributed by atoms with Crippen LogP contribution in [0.15, 0.2) is 164 Å². The van der Waals surface area contributed by atoms with Crippen molar-refractivity contribution in [1.29, 1.82) is 0 Å². The van der Waals surface area contributed by atoms with Gasteiger partial charge in [0.15, 0.2) is 0 Å². The van der Waals surface area contributed by atoms with Crippen LogP contribution in [0.2, 0.25) is 0 Å². The Morgan fingerprint density at radius 2 is 0.875 bits per heavy atom. The molecular weight excluding hydrogens is 599 g/mol. The highest BCUT2D eigenvalue weighted by Crippen LogP contribution is 2.58. The van der Waals surface area contributed by atoms with E-state index in [0.717, 1.165) is 11.4 Å². The van der Waals surface area contributed by atoms with E-state index in [1.165, 1.54) is 92.3 Å². The lowest BCUT2D eigenvalue weighted by Gasteiger charge is -2.28. The molecule has 0 amide bonds. The molecular formula is C46H27NS. The molecule has 0 saturated carbocycles. The fraction of sp³-hybridized carbons (Fsp3) is 0. The minimum Gasteiger partial charge on any atom is -0.310 e. The molecule has 0 radical (unpaired) electrons. The topological polar surface area (TPSA) is 3.24 Å². The van der Waals surface area contributed by atoms with Crippen LogP contribution >= 0.6 is 11.3 Å². The van der Waals surface area contributed by atoms with Gasteiger partial charge in [-0.2, -0.15) is 0 Å². The van der Waals surface area contributed by atoms with Crippen LogP contribution in [-0.2, 0) is 0 Å². The second kappa shape index (κ2) is 9.78. The number of hydrogen-bond acceptors (Lipinski definition) is 2. The second-order valence-electron chi connectivity index (χ2n) is 12.8. The number of fused-ring (bicyclic) bond motifs is 8. The Balaban J connectivity index is 1.21. The lowest BCUT2D eigenvalue weighted by Crippen LogP contribution is -2.11. The third kappa shape index (κ3) is 3.55. The predicted molar refractivity (Wildman–Crippen MR) is 206 cm³/mol. The fourth-order valence-corrected chi connectivity index (χ4v) is 9.46. The van der Waals surface area contributed by atoms with E-state index in [0.29, 0.717) is 0 Å². The quantitative estimate of drug-likeness (QED) is 0.189. The van der Waals surface area contributed by atoms with Crippen LogP contribution in [0.4, 0.5) is 17.1 Å². The van der Waals surface area contributed by atoms with Crippen molar-refractivity contribution in [2.24, 2.45) is 0 Å². The molecule has 48 heavy (non-hydrogen) atoms. The number of nitrogens with zero attached hydrogens (tertiary/aromatic N) is 1. The van der Waals surface area contributed by atoms with Gasteiger partial charge < -0.3 is 4.90 Å². The zero-order chi connectivity index (χ0) is 31.3. The molecule has 0 atom stereocenters. The number of rotatable bonds is 3. The van der Waals surface area contributed by atoms with Gasteiger partial charge >= 0.3 is 0 Å². The van der Waals surface area contributed by atoms with Gasteiger partial charge in [-0.25, -0.2) is 0 Å². The predicted octanol–water partition coefficient (Wildman–Crippen LogP) is 13.6. The molecule has 2 aliphatic carbocycles. The molecule has 2 heteroatoms. The number of benzene rings is 8. The van der Waals surface area contributed by atoms with Crippen molar-refractivity contribution in [3.8, 4) is 55.6 Å². The van der Waals surface area contributed by atoms with Crippen molar-refractivity contribution >= 4 is 59.3 Å². The van der Waals surface area contributed by atoms with Gasteiger partial charge in [-0.1, -0.05) is 127 Å². The van der Waals surface area contributed by atoms with Crippen molar-refractivity contribution in [3.63, 3.8) is 0 Å². The zero-order valence-corrected chi connectivity index (χ0v) is 26.8. The molecule has 1 aromatic heterocycles. The second-order valence-corrected chi connectivity index (χ2v) is 13.9. The molecule has 0 spiro atoms. The van der Waals surface area contributed by atoms with E-state index >= 15 is 0 Å². The summed E-state index contributed by atoms with van der Waals surface area (Å²) in [4.78, 5) is 2.47. The van der Waals surface area contributed by atoms with Gasteiger partial charge in [0, 0.05) is 36.9 Å². The highest BCUT2D eigenvalue weighted by Gasteiger charge is 2.31. The van der Waals surface area contributed by atoms with Crippen LogP contribution in [-0.4, -0.2) is 0 Å². The number of hydrogen-bond donors (Lipinski definition) is 0. The van der Waals surface area contributed by atoms with Gasteiger partial charge in [-0.05, 0) is 97.4 Å². The van der Waals surface area contributed by atoms with E-state index < -0.39 is 0 Å². The van der Waals surface area contributed by atoms with Crippen LogP contribution in [0.25, 0.3) is 86.6 Å². The van der Waals surface area contributed by atoms with Crippen LogP contribution in [0.5, 0.6) is 0 Å². The summed E-state index contributed by atoms with van der Waals surface area (Å²) in [6, 6.07) is 60.9. The summed E-state index contributed by atoms with van der Waals surface area (Å²) in [5, 5.41) is 5.10. The van der Waals surface area contributed by atoms with Gasteiger partial charge in [-0.15, -0.1) is 11.3 Å². The van der Waals surface area contributed by atoms with E-state index in [1.807, 2.05) is 11.3 Å². The van der Waals surface area contributed by atoms with Gasteiger partial charge in [-0.3, -0.25) is 0 Å². The first-order valence-electron chi connectivity index (χ1n) is 16.5. The van der Waals surface area contributed by atoms with E-state index in [4.69, 9.17) is 0 Å². The maximum absolute atomic E-state index is 2.47. The van der Waals surface area contributed by atoms with Gasteiger partial charge in [0.1, 0.15) is 0 Å². The molecule has 11 rings (SSSR count).